The van der Waals surface area contributed by atoms with Gasteiger partial charge in [-0.3, -0.25) is 9.69 Å². The molecule has 2 aromatic carbocycles. The molecular formula is C23H29ClN2O4. The number of hydrogen-bond donors (Lipinski definition) is 1. The lowest BCUT2D eigenvalue weighted by Crippen LogP contribution is -2.44. The zero-order valence-corrected chi connectivity index (χ0v) is 18.7. The summed E-state index contributed by atoms with van der Waals surface area (Å²) in [6.07, 6.45) is 3.17. The molecular weight excluding hydrogens is 404 g/mol. The van der Waals surface area contributed by atoms with E-state index >= 15 is 0 Å². The van der Waals surface area contributed by atoms with Crippen LogP contribution in [0.5, 0.6) is 17.2 Å². The summed E-state index contributed by atoms with van der Waals surface area (Å²) in [6, 6.07) is 11.6. The molecule has 0 spiro atoms. The van der Waals surface area contributed by atoms with Crippen molar-refractivity contribution in [1.82, 2.24) is 4.90 Å². The van der Waals surface area contributed by atoms with Gasteiger partial charge in [-0.15, -0.1) is 0 Å². The van der Waals surface area contributed by atoms with Crippen molar-refractivity contribution in [2.45, 2.75) is 38.3 Å². The van der Waals surface area contributed by atoms with E-state index in [9.17, 15) is 4.79 Å². The average molecular weight is 433 g/mol. The van der Waals surface area contributed by atoms with E-state index in [1.54, 1.807) is 39.5 Å². The molecule has 1 heterocycles. The Kier molecular flexibility index (Phi) is 7.45. The third kappa shape index (κ3) is 4.99. The molecule has 1 amide bonds. The van der Waals surface area contributed by atoms with Crippen molar-refractivity contribution in [3.05, 3.63) is 47.0 Å². The first kappa shape index (κ1) is 22.2. The van der Waals surface area contributed by atoms with Crippen molar-refractivity contribution in [3.63, 3.8) is 0 Å². The summed E-state index contributed by atoms with van der Waals surface area (Å²) in [5, 5.41) is 3.47. The summed E-state index contributed by atoms with van der Waals surface area (Å²) >= 11 is 6.08. The van der Waals surface area contributed by atoms with Crippen molar-refractivity contribution in [1.29, 1.82) is 0 Å². The molecule has 6 nitrogen and oxygen atoms in total. The highest BCUT2D eigenvalue weighted by molar-refractivity contribution is 6.32. The minimum Gasteiger partial charge on any atom is -0.495 e. The van der Waals surface area contributed by atoms with Gasteiger partial charge in [0.1, 0.15) is 5.75 Å². The number of nitrogens with zero attached hydrogens (tertiary/aromatic N) is 1. The molecule has 1 aliphatic heterocycles. The van der Waals surface area contributed by atoms with E-state index in [1.807, 2.05) is 12.1 Å². The predicted molar refractivity (Wildman–Crippen MR) is 119 cm³/mol. The molecule has 2 aromatic rings. The zero-order valence-electron chi connectivity index (χ0n) is 17.9. The number of likely N-dealkylation sites (tertiary alicyclic amines) is 1. The van der Waals surface area contributed by atoms with Gasteiger partial charge in [0, 0.05) is 23.8 Å². The van der Waals surface area contributed by atoms with E-state index in [2.05, 4.69) is 23.2 Å². The maximum Gasteiger partial charge on any atom is 0.238 e. The lowest BCUT2D eigenvalue weighted by Gasteiger charge is -2.40. The fourth-order valence-electron chi connectivity index (χ4n) is 4.03. The maximum atomic E-state index is 12.8. The molecule has 0 aromatic heterocycles. The number of anilines is 1. The number of carbonyl (C=O) groups is 1. The predicted octanol–water partition coefficient (Wildman–Crippen LogP) is 4.92. The fraction of sp³-hybridized carbons (Fsp3) is 0.435. The van der Waals surface area contributed by atoms with E-state index in [-0.39, 0.29) is 11.9 Å². The van der Waals surface area contributed by atoms with Crippen LogP contribution >= 0.6 is 11.6 Å². The second-order valence-electron chi connectivity index (χ2n) is 7.48. The number of amides is 1. The van der Waals surface area contributed by atoms with Crippen LogP contribution < -0.4 is 19.5 Å². The third-order valence-corrected chi connectivity index (χ3v) is 5.93. The smallest absolute Gasteiger partial charge is 0.238 e. The molecule has 0 bridgehead atoms. The van der Waals surface area contributed by atoms with Gasteiger partial charge in [0.15, 0.2) is 11.5 Å². The van der Waals surface area contributed by atoms with Gasteiger partial charge in [0.05, 0.1) is 32.9 Å². The lowest BCUT2D eigenvalue weighted by atomic mass is 9.91. The van der Waals surface area contributed by atoms with Crippen molar-refractivity contribution >= 4 is 23.2 Å². The first-order valence-electron chi connectivity index (χ1n) is 10.1. The minimum absolute atomic E-state index is 0.0707. The SMILES string of the molecule is COc1cc(NC(=O)CN2C(C)CCCC2c2ccc(OC)c(OC)c2)ccc1Cl. The standard InChI is InChI=1S/C23H29ClN2O4/c1-15-6-5-7-19(16-8-11-20(28-2)22(12-16)30-4)26(15)14-23(27)25-17-9-10-18(24)21(13-17)29-3/h8-13,15,19H,5-7,14H2,1-4H3,(H,25,27). The zero-order chi connectivity index (χ0) is 21.7. The molecule has 30 heavy (non-hydrogen) atoms. The number of ether oxygens (including phenoxy) is 3. The molecule has 2 atom stereocenters. The van der Waals surface area contributed by atoms with E-state index in [0.717, 1.165) is 24.8 Å². The maximum absolute atomic E-state index is 12.8. The molecule has 1 saturated heterocycles. The fourth-order valence-corrected chi connectivity index (χ4v) is 4.23. The molecule has 0 aliphatic carbocycles. The van der Waals surface area contributed by atoms with Crippen LogP contribution in [0.2, 0.25) is 5.02 Å². The number of benzene rings is 2. The number of piperidine rings is 1. The van der Waals surface area contributed by atoms with Crippen molar-refractivity contribution in [2.75, 3.05) is 33.2 Å². The van der Waals surface area contributed by atoms with Gasteiger partial charge >= 0.3 is 0 Å². The summed E-state index contributed by atoms with van der Waals surface area (Å²) in [6.45, 7) is 2.47. The van der Waals surface area contributed by atoms with Crippen molar-refractivity contribution in [3.8, 4) is 17.2 Å². The molecule has 1 fully saturated rings. The molecule has 162 valence electrons. The van der Waals surface area contributed by atoms with Gasteiger partial charge < -0.3 is 19.5 Å². The molecule has 3 rings (SSSR count). The Morgan fingerprint density at radius 1 is 1.03 bits per heavy atom. The summed E-state index contributed by atoms with van der Waals surface area (Å²) in [5.41, 5.74) is 1.79. The number of halogens is 1. The van der Waals surface area contributed by atoms with Gasteiger partial charge in [0.25, 0.3) is 0 Å². The quantitative estimate of drug-likeness (QED) is 0.672. The van der Waals surface area contributed by atoms with E-state index in [4.69, 9.17) is 25.8 Å². The lowest BCUT2D eigenvalue weighted by molar-refractivity contribution is -0.119. The van der Waals surface area contributed by atoms with Crippen LogP contribution in [-0.4, -0.2) is 44.7 Å². The van der Waals surface area contributed by atoms with Crippen LogP contribution in [0.3, 0.4) is 0 Å². The Bertz CT molecular complexity index is 890. The Hall–Kier alpha value is -2.44. The van der Waals surface area contributed by atoms with Crippen LogP contribution in [0.25, 0.3) is 0 Å². The van der Waals surface area contributed by atoms with Crippen LogP contribution in [0.15, 0.2) is 36.4 Å². The van der Waals surface area contributed by atoms with Crippen LogP contribution in [0.1, 0.15) is 37.8 Å². The van der Waals surface area contributed by atoms with Crippen molar-refractivity contribution < 1.29 is 19.0 Å². The molecule has 0 saturated carbocycles. The van der Waals surface area contributed by atoms with Gasteiger partial charge in [-0.05, 0) is 49.6 Å². The highest BCUT2D eigenvalue weighted by Gasteiger charge is 2.31. The molecule has 7 heteroatoms. The van der Waals surface area contributed by atoms with Crippen LogP contribution in [0.4, 0.5) is 5.69 Å². The number of methoxy groups -OCH3 is 3. The summed E-state index contributed by atoms with van der Waals surface area (Å²) < 4.78 is 16.1. The van der Waals surface area contributed by atoms with Crippen molar-refractivity contribution in [2.24, 2.45) is 0 Å². The minimum atomic E-state index is -0.0707. The highest BCUT2D eigenvalue weighted by atomic mass is 35.5. The monoisotopic (exact) mass is 432 g/mol. The number of carbonyl (C=O) groups excluding carboxylic acids is 1. The second-order valence-corrected chi connectivity index (χ2v) is 7.89. The second kappa shape index (κ2) is 10.0. The largest absolute Gasteiger partial charge is 0.495 e. The van der Waals surface area contributed by atoms with Gasteiger partial charge in [-0.1, -0.05) is 24.1 Å². The Balaban J connectivity index is 1.77. The Morgan fingerprint density at radius 3 is 2.47 bits per heavy atom. The van der Waals surface area contributed by atoms with E-state index < -0.39 is 0 Å². The number of hydrogen-bond acceptors (Lipinski definition) is 5. The summed E-state index contributed by atoms with van der Waals surface area (Å²) in [5.74, 6) is 1.86. The Labute approximate surface area is 183 Å². The molecule has 2 unspecified atom stereocenters. The number of nitrogens with one attached hydrogen (secondary N) is 1. The van der Waals surface area contributed by atoms with Crippen LogP contribution in [-0.2, 0) is 4.79 Å². The summed E-state index contributed by atoms with van der Waals surface area (Å²) in [7, 11) is 4.81. The Morgan fingerprint density at radius 2 is 1.77 bits per heavy atom. The summed E-state index contributed by atoms with van der Waals surface area (Å²) in [4.78, 5) is 15.1. The molecule has 1 aliphatic rings. The highest BCUT2D eigenvalue weighted by Crippen LogP contribution is 2.38. The van der Waals surface area contributed by atoms with Gasteiger partial charge in [-0.25, -0.2) is 0 Å². The van der Waals surface area contributed by atoms with Crippen LogP contribution in [0, 0.1) is 0 Å². The van der Waals surface area contributed by atoms with Gasteiger partial charge in [-0.2, -0.15) is 0 Å². The van der Waals surface area contributed by atoms with Gasteiger partial charge in [0.2, 0.25) is 5.91 Å². The topological polar surface area (TPSA) is 60.0 Å². The molecule has 1 N–H and O–H groups in total. The average Bonchev–Trinajstić information content (AvgIpc) is 2.76. The first-order valence-corrected chi connectivity index (χ1v) is 10.5. The first-order chi connectivity index (χ1) is 14.5. The molecule has 0 radical (unpaired) electrons. The van der Waals surface area contributed by atoms with E-state index in [1.165, 1.54) is 0 Å². The van der Waals surface area contributed by atoms with E-state index in [0.29, 0.717) is 40.5 Å². The third-order valence-electron chi connectivity index (χ3n) is 5.62. The number of rotatable bonds is 7. The normalized spacial score (nSPS) is 19.2.